The SMILES string of the molecule is CCS(=O)(=O)c1ccc(C(=O)N(CC2CCCO2)c2nc3c(C(C)C)cccc3s2)cc1. The van der Waals surface area contributed by atoms with Crippen LogP contribution in [0.15, 0.2) is 47.4 Å². The van der Waals surface area contributed by atoms with E-state index in [9.17, 15) is 13.2 Å². The highest BCUT2D eigenvalue weighted by molar-refractivity contribution is 7.91. The summed E-state index contributed by atoms with van der Waals surface area (Å²) in [6.07, 6.45) is 1.85. The summed E-state index contributed by atoms with van der Waals surface area (Å²) >= 11 is 1.50. The Morgan fingerprint density at radius 1 is 1.22 bits per heavy atom. The molecule has 1 aliphatic heterocycles. The van der Waals surface area contributed by atoms with Gasteiger partial charge in [0.15, 0.2) is 15.0 Å². The summed E-state index contributed by atoms with van der Waals surface area (Å²) < 4.78 is 31.1. The van der Waals surface area contributed by atoms with Crippen molar-refractivity contribution in [3.63, 3.8) is 0 Å². The van der Waals surface area contributed by atoms with Crippen LogP contribution in [-0.4, -0.2) is 44.3 Å². The van der Waals surface area contributed by atoms with E-state index in [1.807, 2.05) is 12.1 Å². The lowest BCUT2D eigenvalue weighted by atomic mass is 10.0. The monoisotopic (exact) mass is 472 g/mol. The molecule has 1 saturated heterocycles. The Bertz CT molecular complexity index is 1210. The number of rotatable bonds is 7. The zero-order valence-corrected chi connectivity index (χ0v) is 20.2. The lowest BCUT2D eigenvalue weighted by Crippen LogP contribution is -2.37. The fraction of sp³-hybridized carbons (Fsp3) is 0.417. The highest BCUT2D eigenvalue weighted by atomic mass is 32.2. The van der Waals surface area contributed by atoms with Gasteiger partial charge in [-0.05, 0) is 54.7 Å². The number of thiazole rings is 1. The van der Waals surface area contributed by atoms with Crippen molar-refractivity contribution in [3.05, 3.63) is 53.6 Å². The molecule has 3 aromatic rings. The second-order valence-electron chi connectivity index (χ2n) is 8.32. The topological polar surface area (TPSA) is 76.6 Å². The van der Waals surface area contributed by atoms with Gasteiger partial charge in [-0.2, -0.15) is 0 Å². The number of fused-ring (bicyclic) bond motifs is 1. The lowest BCUT2D eigenvalue weighted by Gasteiger charge is -2.23. The van der Waals surface area contributed by atoms with E-state index in [-0.39, 0.29) is 22.7 Å². The largest absolute Gasteiger partial charge is 0.376 e. The molecule has 1 fully saturated rings. The molecule has 0 radical (unpaired) electrons. The molecule has 0 N–H and O–H groups in total. The normalized spacial score (nSPS) is 16.7. The van der Waals surface area contributed by atoms with Crippen molar-refractivity contribution in [2.75, 3.05) is 23.8 Å². The molecule has 170 valence electrons. The molecule has 0 spiro atoms. The van der Waals surface area contributed by atoms with Gasteiger partial charge < -0.3 is 4.74 Å². The van der Waals surface area contributed by atoms with E-state index in [1.165, 1.54) is 23.5 Å². The van der Waals surface area contributed by atoms with E-state index < -0.39 is 9.84 Å². The lowest BCUT2D eigenvalue weighted by molar-refractivity contribution is 0.0917. The van der Waals surface area contributed by atoms with Crippen LogP contribution in [0.25, 0.3) is 10.2 Å². The number of carbonyl (C=O) groups excluding carboxylic acids is 1. The Balaban J connectivity index is 1.72. The molecule has 1 atom stereocenters. The zero-order chi connectivity index (χ0) is 22.9. The number of nitrogens with zero attached hydrogens (tertiary/aromatic N) is 2. The van der Waals surface area contributed by atoms with Crippen LogP contribution in [0.3, 0.4) is 0 Å². The second kappa shape index (κ2) is 9.29. The van der Waals surface area contributed by atoms with Crippen LogP contribution in [0.5, 0.6) is 0 Å². The van der Waals surface area contributed by atoms with Gasteiger partial charge in [0.25, 0.3) is 5.91 Å². The van der Waals surface area contributed by atoms with Crippen molar-refractivity contribution in [1.82, 2.24) is 4.98 Å². The highest BCUT2D eigenvalue weighted by Gasteiger charge is 2.28. The summed E-state index contributed by atoms with van der Waals surface area (Å²) in [6, 6.07) is 12.3. The first-order valence-corrected chi connectivity index (χ1v) is 13.4. The van der Waals surface area contributed by atoms with Crippen LogP contribution in [-0.2, 0) is 14.6 Å². The van der Waals surface area contributed by atoms with Crippen LogP contribution in [0, 0.1) is 0 Å². The van der Waals surface area contributed by atoms with Gasteiger partial charge in [-0.1, -0.05) is 44.2 Å². The van der Waals surface area contributed by atoms with Gasteiger partial charge in [-0.15, -0.1) is 0 Å². The van der Waals surface area contributed by atoms with E-state index in [1.54, 1.807) is 24.0 Å². The van der Waals surface area contributed by atoms with Crippen molar-refractivity contribution < 1.29 is 17.9 Å². The molecule has 0 bridgehead atoms. The third kappa shape index (κ3) is 4.58. The van der Waals surface area contributed by atoms with Gasteiger partial charge >= 0.3 is 0 Å². The van der Waals surface area contributed by atoms with Gasteiger partial charge in [-0.3, -0.25) is 9.69 Å². The number of benzene rings is 2. The fourth-order valence-electron chi connectivity index (χ4n) is 3.91. The fourth-order valence-corrected chi connectivity index (χ4v) is 5.80. The first-order chi connectivity index (χ1) is 15.3. The van der Waals surface area contributed by atoms with Crippen molar-refractivity contribution in [2.24, 2.45) is 0 Å². The quantitative estimate of drug-likeness (QED) is 0.482. The Morgan fingerprint density at radius 2 is 1.97 bits per heavy atom. The molecule has 0 aliphatic carbocycles. The van der Waals surface area contributed by atoms with Gasteiger partial charge in [0, 0.05) is 12.2 Å². The van der Waals surface area contributed by atoms with Gasteiger partial charge in [-0.25, -0.2) is 13.4 Å². The second-order valence-corrected chi connectivity index (χ2v) is 11.6. The first-order valence-electron chi connectivity index (χ1n) is 11.0. The maximum atomic E-state index is 13.5. The average molecular weight is 473 g/mol. The van der Waals surface area contributed by atoms with Crippen LogP contribution in [0.2, 0.25) is 0 Å². The molecule has 1 amide bonds. The maximum absolute atomic E-state index is 13.5. The molecular formula is C24H28N2O4S2. The summed E-state index contributed by atoms with van der Waals surface area (Å²) in [6.45, 7) is 7.00. The Labute approximate surface area is 193 Å². The molecule has 1 aliphatic rings. The third-order valence-corrected chi connectivity index (χ3v) is 8.58. The Kier molecular flexibility index (Phi) is 6.65. The summed E-state index contributed by atoms with van der Waals surface area (Å²) in [5.74, 6) is 0.144. The molecule has 4 rings (SSSR count). The summed E-state index contributed by atoms with van der Waals surface area (Å²) in [7, 11) is -3.32. The Morgan fingerprint density at radius 3 is 2.59 bits per heavy atom. The van der Waals surface area contributed by atoms with E-state index >= 15 is 0 Å². The molecule has 2 heterocycles. The number of hydrogen-bond donors (Lipinski definition) is 0. The minimum atomic E-state index is -3.32. The zero-order valence-electron chi connectivity index (χ0n) is 18.6. The summed E-state index contributed by atoms with van der Waals surface area (Å²) in [4.78, 5) is 20.3. The number of ether oxygens (including phenoxy) is 1. The summed E-state index contributed by atoms with van der Waals surface area (Å²) in [5.41, 5.74) is 2.52. The average Bonchev–Trinajstić information content (AvgIpc) is 3.46. The molecule has 1 unspecified atom stereocenters. The van der Waals surface area contributed by atoms with E-state index in [0.29, 0.717) is 29.8 Å². The predicted molar refractivity (Wildman–Crippen MR) is 129 cm³/mol. The van der Waals surface area contributed by atoms with Crippen LogP contribution in [0.1, 0.15) is 55.5 Å². The van der Waals surface area contributed by atoms with Crippen LogP contribution < -0.4 is 4.90 Å². The number of aromatic nitrogens is 1. The molecule has 8 heteroatoms. The van der Waals surface area contributed by atoms with E-state index in [0.717, 1.165) is 28.6 Å². The highest BCUT2D eigenvalue weighted by Crippen LogP contribution is 2.34. The predicted octanol–water partition coefficient (Wildman–Crippen LogP) is 5.04. The number of para-hydroxylation sites is 1. The van der Waals surface area contributed by atoms with Crippen molar-refractivity contribution in [1.29, 1.82) is 0 Å². The summed E-state index contributed by atoms with van der Waals surface area (Å²) in [5, 5.41) is 0.638. The molecule has 32 heavy (non-hydrogen) atoms. The molecule has 2 aromatic carbocycles. The van der Waals surface area contributed by atoms with Crippen molar-refractivity contribution >= 4 is 42.4 Å². The molecule has 0 saturated carbocycles. The molecule has 1 aromatic heterocycles. The van der Waals surface area contributed by atoms with Crippen molar-refractivity contribution in [3.8, 4) is 0 Å². The number of carbonyl (C=O) groups is 1. The van der Waals surface area contributed by atoms with E-state index in [2.05, 4.69) is 19.9 Å². The standard InChI is InChI=1S/C24H28N2O4S2/c1-4-32(28,29)19-12-10-17(11-13-19)23(27)26(15-18-7-6-14-30-18)24-25-22-20(16(2)3)8-5-9-21(22)31-24/h5,8-13,16,18H,4,6-7,14-15H2,1-3H3. The van der Waals surface area contributed by atoms with Crippen LogP contribution in [0.4, 0.5) is 5.13 Å². The van der Waals surface area contributed by atoms with E-state index in [4.69, 9.17) is 9.72 Å². The number of anilines is 1. The van der Waals surface area contributed by atoms with Gasteiger partial charge in [0.05, 0.1) is 33.5 Å². The number of hydrogen-bond acceptors (Lipinski definition) is 6. The number of amides is 1. The minimum Gasteiger partial charge on any atom is -0.376 e. The Hall–Kier alpha value is -2.29. The minimum absolute atomic E-state index is 0.0231. The molecule has 6 nitrogen and oxygen atoms in total. The third-order valence-electron chi connectivity index (χ3n) is 5.79. The first kappa shape index (κ1) is 22.9. The van der Waals surface area contributed by atoms with Gasteiger partial charge in [0.2, 0.25) is 0 Å². The smallest absolute Gasteiger partial charge is 0.260 e. The molecular weight excluding hydrogens is 444 g/mol. The number of sulfone groups is 1. The van der Waals surface area contributed by atoms with Crippen molar-refractivity contribution in [2.45, 2.75) is 50.5 Å². The van der Waals surface area contributed by atoms with Crippen LogP contribution >= 0.6 is 11.3 Å². The maximum Gasteiger partial charge on any atom is 0.260 e. The van der Waals surface area contributed by atoms with Gasteiger partial charge in [0.1, 0.15) is 0 Å².